The van der Waals surface area contributed by atoms with Gasteiger partial charge in [0.2, 0.25) is 0 Å². The molecule has 0 N–H and O–H groups in total. The number of hydrogen-bond donors (Lipinski definition) is 0. The molecule has 0 saturated heterocycles. The molecule has 0 aliphatic heterocycles. The monoisotopic (exact) mass is 368 g/mol. The molecule has 0 rings (SSSR count). The molecule has 0 heterocycles. The fraction of sp³-hybridized carbons (Fsp3) is 0.833. The zero-order valence-corrected chi connectivity index (χ0v) is 10.2. The minimum atomic E-state index is -0.113. The summed E-state index contributed by atoms with van der Waals surface area (Å²) in [7, 11) is 1.42. The Bertz CT molecular complexity index is 114. The predicted molar refractivity (Wildman–Crippen MR) is 57.6 cm³/mol. The molecule has 0 aliphatic carbocycles. The van der Waals surface area contributed by atoms with Crippen LogP contribution in [0.15, 0.2) is 0 Å². The van der Waals surface area contributed by atoms with Crippen LogP contribution in [-0.2, 0) is 9.53 Å². The van der Waals surface area contributed by atoms with Crippen LogP contribution in [0, 0.1) is 5.92 Å². The second kappa shape index (κ2) is 5.56. The van der Waals surface area contributed by atoms with Crippen LogP contribution in [0.2, 0.25) is 0 Å². The Kier molecular flexibility index (Phi) is 6.08. The van der Waals surface area contributed by atoms with Gasteiger partial charge in [-0.1, -0.05) is 52.1 Å². The Balaban J connectivity index is 3.61. The van der Waals surface area contributed by atoms with Crippen molar-refractivity contribution in [1.82, 2.24) is 0 Å². The van der Waals surface area contributed by atoms with Crippen LogP contribution < -0.4 is 0 Å². The van der Waals surface area contributed by atoms with E-state index in [1.165, 1.54) is 7.11 Å². The summed E-state index contributed by atoms with van der Waals surface area (Å²) in [5.74, 6) is -0.0814. The van der Waals surface area contributed by atoms with Gasteiger partial charge in [-0.05, 0) is 6.42 Å². The van der Waals surface area contributed by atoms with Gasteiger partial charge in [-0.15, -0.1) is 0 Å². The molecule has 0 spiro atoms. The lowest BCUT2D eigenvalue weighted by Crippen LogP contribution is -2.14. The van der Waals surface area contributed by atoms with Crippen molar-refractivity contribution < 1.29 is 9.53 Å². The first-order valence-corrected chi connectivity index (χ1v) is 5.43. The lowest BCUT2D eigenvalue weighted by molar-refractivity contribution is -0.144. The number of methoxy groups -OCH3 is 1. The summed E-state index contributed by atoms with van der Waals surface area (Å²) in [4.78, 5) is 10.8. The van der Waals surface area contributed by atoms with Crippen LogP contribution in [0.4, 0.5) is 0 Å². The minimum absolute atomic E-state index is 0.0313. The van der Waals surface area contributed by atoms with E-state index in [0.29, 0.717) is 1.93 Å². The van der Waals surface area contributed by atoms with Crippen molar-refractivity contribution >= 4 is 51.2 Å². The van der Waals surface area contributed by atoms with Gasteiger partial charge in [-0.2, -0.15) is 0 Å². The number of ether oxygens (including phenoxy) is 1. The van der Waals surface area contributed by atoms with E-state index < -0.39 is 0 Å². The first-order valence-electron chi connectivity index (χ1n) is 2.94. The van der Waals surface area contributed by atoms with E-state index in [1.807, 2.05) is 6.92 Å². The van der Waals surface area contributed by atoms with E-state index >= 15 is 0 Å². The normalized spacial score (nSPS) is 13.3. The van der Waals surface area contributed by atoms with E-state index in [2.05, 4.69) is 49.9 Å². The molecule has 0 aromatic heterocycles. The molecule has 2 nitrogen and oxygen atoms in total. The van der Waals surface area contributed by atoms with Crippen molar-refractivity contribution in [3.05, 3.63) is 0 Å². The van der Waals surface area contributed by atoms with Gasteiger partial charge in [0.25, 0.3) is 0 Å². The molecular weight excluding hydrogens is 358 g/mol. The molecule has 0 saturated carbocycles. The molecular formula is C6H10I2O2. The Labute approximate surface area is 88.4 Å². The smallest absolute Gasteiger partial charge is 0.308 e. The molecule has 10 heavy (non-hydrogen) atoms. The number of carbonyl (C=O) groups is 1. The zero-order valence-electron chi connectivity index (χ0n) is 5.93. The fourth-order valence-electron chi connectivity index (χ4n) is 0.565. The molecule has 0 aliphatic rings. The maximum absolute atomic E-state index is 10.8. The predicted octanol–water partition coefficient (Wildman–Crippen LogP) is 2.38. The van der Waals surface area contributed by atoms with E-state index in [1.54, 1.807) is 0 Å². The third kappa shape index (κ3) is 4.70. The van der Waals surface area contributed by atoms with Gasteiger partial charge in [0.05, 0.1) is 15.0 Å². The number of esters is 1. The van der Waals surface area contributed by atoms with Crippen LogP contribution in [-0.4, -0.2) is 15.0 Å². The van der Waals surface area contributed by atoms with Crippen LogP contribution in [0.1, 0.15) is 13.3 Å². The second-order valence-electron chi connectivity index (χ2n) is 2.05. The number of alkyl halides is 2. The van der Waals surface area contributed by atoms with Gasteiger partial charge < -0.3 is 4.74 Å². The van der Waals surface area contributed by atoms with Crippen LogP contribution in [0.25, 0.3) is 0 Å². The van der Waals surface area contributed by atoms with Gasteiger partial charge in [0, 0.05) is 0 Å². The Hall–Kier alpha value is 0.930. The van der Waals surface area contributed by atoms with Crippen molar-refractivity contribution in [3.63, 3.8) is 0 Å². The van der Waals surface area contributed by atoms with Crippen molar-refractivity contribution in [2.75, 3.05) is 7.11 Å². The first kappa shape index (κ1) is 10.9. The quantitative estimate of drug-likeness (QED) is 0.435. The maximum Gasteiger partial charge on any atom is 0.308 e. The lowest BCUT2D eigenvalue weighted by Gasteiger charge is -2.08. The number of carbonyl (C=O) groups excluding carboxylic acids is 1. The van der Waals surface area contributed by atoms with Crippen molar-refractivity contribution in [2.45, 2.75) is 15.3 Å². The Morgan fingerprint density at radius 2 is 2.10 bits per heavy atom. The van der Waals surface area contributed by atoms with Gasteiger partial charge in [-0.25, -0.2) is 0 Å². The Morgan fingerprint density at radius 1 is 1.60 bits per heavy atom. The first-order chi connectivity index (χ1) is 4.57. The van der Waals surface area contributed by atoms with Crippen molar-refractivity contribution in [1.29, 1.82) is 0 Å². The molecule has 1 atom stereocenters. The molecule has 0 radical (unpaired) electrons. The number of halogens is 2. The molecule has 0 fully saturated rings. The minimum Gasteiger partial charge on any atom is -0.469 e. The zero-order chi connectivity index (χ0) is 8.15. The van der Waals surface area contributed by atoms with Crippen LogP contribution in [0.3, 0.4) is 0 Å². The van der Waals surface area contributed by atoms with Crippen LogP contribution in [0.5, 0.6) is 0 Å². The van der Waals surface area contributed by atoms with Gasteiger partial charge in [0.1, 0.15) is 0 Å². The largest absolute Gasteiger partial charge is 0.469 e. The highest BCUT2D eigenvalue weighted by Crippen LogP contribution is 2.20. The van der Waals surface area contributed by atoms with Crippen molar-refractivity contribution in [3.8, 4) is 0 Å². The lowest BCUT2D eigenvalue weighted by atomic mass is 10.1. The Morgan fingerprint density at radius 3 is 2.40 bits per heavy atom. The fourth-order valence-corrected chi connectivity index (χ4v) is 2.09. The summed E-state index contributed by atoms with van der Waals surface area (Å²) in [5, 5.41) is 0. The highest BCUT2D eigenvalue weighted by molar-refractivity contribution is 14.2. The van der Waals surface area contributed by atoms with Crippen molar-refractivity contribution in [2.24, 2.45) is 5.92 Å². The average molecular weight is 368 g/mol. The molecule has 0 aromatic carbocycles. The molecule has 1 unspecified atom stereocenters. The summed E-state index contributed by atoms with van der Waals surface area (Å²) in [6, 6.07) is 0. The summed E-state index contributed by atoms with van der Waals surface area (Å²) in [6.07, 6.45) is 0.883. The van der Waals surface area contributed by atoms with Gasteiger partial charge >= 0.3 is 5.97 Å². The van der Waals surface area contributed by atoms with Crippen LogP contribution >= 0.6 is 45.2 Å². The highest BCUT2D eigenvalue weighted by atomic mass is 127. The highest BCUT2D eigenvalue weighted by Gasteiger charge is 2.15. The topological polar surface area (TPSA) is 26.3 Å². The van der Waals surface area contributed by atoms with E-state index in [9.17, 15) is 4.79 Å². The molecule has 0 aromatic rings. The van der Waals surface area contributed by atoms with E-state index in [0.717, 1.165) is 6.42 Å². The standard InChI is InChI=1S/C6H10I2O2/c1-4(3-5(7)8)6(9)10-2/h4-5H,3H2,1-2H3. The summed E-state index contributed by atoms with van der Waals surface area (Å²) >= 11 is 4.57. The summed E-state index contributed by atoms with van der Waals surface area (Å²) in [5.41, 5.74) is 0. The maximum atomic E-state index is 10.8. The molecule has 4 heteroatoms. The second-order valence-corrected chi connectivity index (χ2v) is 7.44. The SMILES string of the molecule is COC(=O)C(C)CC(I)I. The number of hydrogen-bond acceptors (Lipinski definition) is 2. The molecule has 60 valence electrons. The van der Waals surface area contributed by atoms with E-state index in [-0.39, 0.29) is 11.9 Å². The van der Waals surface area contributed by atoms with E-state index in [4.69, 9.17) is 0 Å². The summed E-state index contributed by atoms with van der Waals surface area (Å²) < 4.78 is 5.07. The third-order valence-electron chi connectivity index (χ3n) is 1.14. The third-order valence-corrected chi connectivity index (χ3v) is 2.15. The molecule has 0 amide bonds. The number of rotatable bonds is 3. The molecule has 0 bridgehead atoms. The van der Waals surface area contributed by atoms with Gasteiger partial charge in [-0.3, -0.25) is 4.79 Å². The summed E-state index contributed by atoms with van der Waals surface area (Å²) in [6.45, 7) is 1.89. The van der Waals surface area contributed by atoms with Gasteiger partial charge in [0.15, 0.2) is 0 Å². The average Bonchev–Trinajstić information content (AvgIpc) is 1.85.